The maximum Gasteiger partial charge on any atom is 0.314 e. The Kier molecular flexibility index (Phi) is 5.42. The first kappa shape index (κ1) is 17.9. The minimum Gasteiger partial charge on any atom is -0.485 e. The highest BCUT2D eigenvalue weighted by molar-refractivity contribution is 9.10. The van der Waals surface area contributed by atoms with Crippen LogP contribution in [0.1, 0.15) is 43.2 Å². The van der Waals surface area contributed by atoms with Gasteiger partial charge in [0.25, 0.3) is 0 Å². The number of carbonyl (C=O) groups is 1. The summed E-state index contributed by atoms with van der Waals surface area (Å²) in [5.74, 6) is -1.30. The van der Waals surface area contributed by atoms with Gasteiger partial charge in [-0.3, -0.25) is 4.79 Å². The second-order valence-corrected chi connectivity index (χ2v) is 7.35. The fourth-order valence-electron chi connectivity index (χ4n) is 3.49. The van der Waals surface area contributed by atoms with Gasteiger partial charge < -0.3 is 9.84 Å². The second kappa shape index (κ2) is 7.56. The van der Waals surface area contributed by atoms with E-state index in [9.17, 15) is 14.3 Å². The standard InChI is InChI=1S/C20H20BrFO3/c21-16-11-15(20(19(23)24)9-5-2-6-10-20)12-17(22)18(16)25-13-14-7-3-1-4-8-14/h1,3-4,7-8,11-12H,2,5-6,9-10,13H2,(H,23,24). The van der Waals surface area contributed by atoms with Gasteiger partial charge in [0, 0.05) is 0 Å². The molecule has 1 aliphatic rings. The predicted octanol–water partition coefficient (Wildman–Crippen LogP) is 5.45. The van der Waals surface area contributed by atoms with Crippen LogP contribution in [0.2, 0.25) is 0 Å². The Bertz CT molecular complexity index is 732. The predicted molar refractivity (Wildman–Crippen MR) is 97.3 cm³/mol. The molecule has 5 heteroatoms. The van der Waals surface area contributed by atoms with Gasteiger partial charge in [-0.2, -0.15) is 0 Å². The van der Waals surface area contributed by atoms with Crippen LogP contribution >= 0.6 is 15.9 Å². The molecule has 0 atom stereocenters. The number of hydrogen-bond acceptors (Lipinski definition) is 2. The number of carboxylic acid groups (broad SMARTS) is 1. The number of halogens is 2. The molecule has 0 radical (unpaired) electrons. The van der Waals surface area contributed by atoms with Crippen molar-refractivity contribution in [2.24, 2.45) is 0 Å². The van der Waals surface area contributed by atoms with Gasteiger partial charge in [0.1, 0.15) is 6.61 Å². The van der Waals surface area contributed by atoms with Gasteiger partial charge >= 0.3 is 5.97 Å². The normalized spacial score (nSPS) is 16.4. The van der Waals surface area contributed by atoms with Crippen LogP contribution in [0, 0.1) is 5.82 Å². The lowest BCUT2D eigenvalue weighted by atomic mass is 9.69. The Morgan fingerprint density at radius 3 is 2.44 bits per heavy atom. The Balaban J connectivity index is 1.88. The molecule has 25 heavy (non-hydrogen) atoms. The van der Waals surface area contributed by atoms with Crippen molar-refractivity contribution >= 4 is 21.9 Å². The van der Waals surface area contributed by atoms with Crippen molar-refractivity contribution in [2.75, 3.05) is 0 Å². The van der Waals surface area contributed by atoms with E-state index in [2.05, 4.69) is 15.9 Å². The summed E-state index contributed by atoms with van der Waals surface area (Å²) in [5.41, 5.74) is 0.447. The first-order chi connectivity index (χ1) is 12.0. The summed E-state index contributed by atoms with van der Waals surface area (Å²) < 4.78 is 20.7. The number of carboxylic acids is 1. The third kappa shape index (κ3) is 3.71. The minimum atomic E-state index is -1.00. The lowest BCUT2D eigenvalue weighted by Gasteiger charge is -2.34. The third-order valence-electron chi connectivity index (χ3n) is 4.89. The summed E-state index contributed by atoms with van der Waals surface area (Å²) in [6, 6.07) is 12.5. The third-order valence-corrected chi connectivity index (χ3v) is 5.48. The summed E-state index contributed by atoms with van der Waals surface area (Å²) in [6.45, 7) is 0.250. The van der Waals surface area contributed by atoms with E-state index in [1.807, 2.05) is 30.3 Å². The Morgan fingerprint density at radius 2 is 1.84 bits per heavy atom. The van der Waals surface area contributed by atoms with E-state index in [0.717, 1.165) is 24.8 Å². The van der Waals surface area contributed by atoms with Crippen LogP contribution in [0.15, 0.2) is 46.9 Å². The molecule has 0 aliphatic heterocycles. The summed E-state index contributed by atoms with van der Waals surface area (Å²) in [7, 11) is 0. The van der Waals surface area contributed by atoms with Crippen LogP contribution in [-0.4, -0.2) is 11.1 Å². The first-order valence-electron chi connectivity index (χ1n) is 8.42. The van der Waals surface area contributed by atoms with E-state index < -0.39 is 17.2 Å². The molecule has 1 aliphatic carbocycles. The number of rotatable bonds is 5. The highest BCUT2D eigenvalue weighted by atomic mass is 79.9. The van der Waals surface area contributed by atoms with Gasteiger partial charge in [-0.1, -0.05) is 49.6 Å². The topological polar surface area (TPSA) is 46.5 Å². The molecule has 0 heterocycles. The van der Waals surface area contributed by atoms with Gasteiger partial charge in [0.05, 0.1) is 9.89 Å². The molecule has 132 valence electrons. The molecular weight excluding hydrogens is 387 g/mol. The van der Waals surface area contributed by atoms with E-state index in [0.29, 0.717) is 22.9 Å². The Hall–Kier alpha value is -1.88. The van der Waals surface area contributed by atoms with Crippen LogP contribution < -0.4 is 4.74 Å². The van der Waals surface area contributed by atoms with E-state index in [1.165, 1.54) is 6.07 Å². The van der Waals surface area contributed by atoms with Crippen molar-refractivity contribution in [3.05, 3.63) is 63.9 Å². The molecule has 1 fully saturated rings. The fourth-order valence-corrected chi connectivity index (χ4v) is 4.04. The molecule has 0 bridgehead atoms. The van der Waals surface area contributed by atoms with Crippen molar-refractivity contribution in [2.45, 2.75) is 44.1 Å². The van der Waals surface area contributed by atoms with Crippen molar-refractivity contribution in [1.82, 2.24) is 0 Å². The zero-order valence-corrected chi connectivity index (χ0v) is 15.4. The molecule has 3 nitrogen and oxygen atoms in total. The molecule has 3 rings (SSSR count). The highest BCUT2D eigenvalue weighted by Crippen LogP contribution is 2.43. The van der Waals surface area contributed by atoms with Crippen LogP contribution in [0.5, 0.6) is 5.75 Å². The van der Waals surface area contributed by atoms with Crippen molar-refractivity contribution in [3.63, 3.8) is 0 Å². The first-order valence-corrected chi connectivity index (χ1v) is 9.22. The minimum absolute atomic E-state index is 0.115. The van der Waals surface area contributed by atoms with E-state index in [1.54, 1.807) is 6.07 Å². The van der Waals surface area contributed by atoms with Crippen LogP contribution in [0.25, 0.3) is 0 Å². The largest absolute Gasteiger partial charge is 0.485 e. The van der Waals surface area contributed by atoms with Crippen LogP contribution in [0.4, 0.5) is 4.39 Å². The number of hydrogen-bond donors (Lipinski definition) is 1. The zero-order valence-electron chi connectivity index (χ0n) is 13.8. The molecule has 0 unspecified atom stereocenters. The molecule has 1 N–H and O–H groups in total. The van der Waals surface area contributed by atoms with E-state index >= 15 is 0 Å². The lowest BCUT2D eigenvalue weighted by Crippen LogP contribution is -2.38. The molecule has 0 amide bonds. The Labute approximate surface area is 155 Å². The molecule has 0 spiro atoms. The molecule has 2 aromatic carbocycles. The maximum absolute atomic E-state index is 14.7. The highest BCUT2D eigenvalue weighted by Gasteiger charge is 2.42. The van der Waals surface area contributed by atoms with Crippen molar-refractivity contribution in [3.8, 4) is 5.75 Å². The summed E-state index contributed by atoms with van der Waals surface area (Å²) in [4.78, 5) is 11.9. The summed E-state index contributed by atoms with van der Waals surface area (Å²) in [6.07, 6.45) is 3.80. The molecule has 1 saturated carbocycles. The summed E-state index contributed by atoms with van der Waals surface area (Å²) >= 11 is 3.35. The fraction of sp³-hybridized carbons (Fsp3) is 0.350. The van der Waals surface area contributed by atoms with E-state index in [-0.39, 0.29) is 12.4 Å². The molecule has 0 saturated heterocycles. The SMILES string of the molecule is O=C(O)C1(c2cc(F)c(OCc3ccccc3)c(Br)c2)CCCCC1. The summed E-state index contributed by atoms with van der Waals surface area (Å²) in [5, 5.41) is 9.78. The van der Waals surface area contributed by atoms with Crippen molar-refractivity contribution in [1.29, 1.82) is 0 Å². The van der Waals surface area contributed by atoms with E-state index in [4.69, 9.17) is 4.74 Å². The Morgan fingerprint density at radius 1 is 1.16 bits per heavy atom. The molecular formula is C20H20BrFO3. The number of benzene rings is 2. The van der Waals surface area contributed by atoms with Crippen molar-refractivity contribution < 1.29 is 19.0 Å². The maximum atomic E-state index is 14.7. The van der Waals surface area contributed by atoms with Crippen LogP contribution in [0.3, 0.4) is 0 Å². The van der Waals surface area contributed by atoms with Gasteiger partial charge in [-0.05, 0) is 52.0 Å². The zero-order chi connectivity index (χ0) is 17.9. The average molecular weight is 407 g/mol. The molecule has 0 aromatic heterocycles. The second-order valence-electron chi connectivity index (χ2n) is 6.49. The molecule has 2 aromatic rings. The number of aliphatic carboxylic acids is 1. The van der Waals surface area contributed by atoms with Gasteiger partial charge in [-0.25, -0.2) is 4.39 Å². The monoisotopic (exact) mass is 406 g/mol. The van der Waals surface area contributed by atoms with Gasteiger partial charge in [0.15, 0.2) is 11.6 Å². The van der Waals surface area contributed by atoms with Gasteiger partial charge in [0.2, 0.25) is 0 Å². The lowest BCUT2D eigenvalue weighted by molar-refractivity contribution is -0.145. The average Bonchev–Trinajstić information content (AvgIpc) is 2.62. The smallest absolute Gasteiger partial charge is 0.314 e. The van der Waals surface area contributed by atoms with Gasteiger partial charge in [-0.15, -0.1) is 0 Å². The van der Waals surface area contributed by atoms with Crippen LogP contribution in [-0.2, 0) is 16.8 Å². The number of ether oxygens (including phenoxy) is 1. The quantitative estimate of drug-likeness (QED) is 0.717.